The fraction of sp³-hybridized carbons (Fsp3) is 0.250. The number of aromatic nitrogens is 2. The van der Waals surface area contributed by atoms with E-state index in [0.717, 1.165) is 25.2 Å². The van der Waals surface area contributed by atoms with E-state index in [2.05, 4.69) is 16.4 Å². The molecule has 1 aromatic heterocycles. The number of aromatic amines is 1. The van der Waals surface area contributed by atoms with Crippen molar-refractivity contribution < 1.29 is 0 Å². The summed E-state index contributed by atoms with van der Waals surface area (Å²) in [6.07, 6.45) is 4.47. The van der Waals surface area contributed by atoms with Crippen molar-refractivity contribution in [2.75, 3.05) is 6.54 Å². The molecule has 0 radical (unpaired) electrons. The zero-order chi connectivity index (χ0) is 11.0. The Morgan fingerprint density at radius 3 is 3.06 bits per heavy atom. The molecule has 0 fully saturated rings. The van der Waals surface area contributed by atoms with Crippen molar-refractivity contribution in [1.82, 2.24) is 14.9 Å². The van der Waals surface area contributed by atoms with Crippen LogP contribution in [0, 0.1) is 0 Å². The van der Waals surface area contributed by atoms with Crippen LogP contribution in [-0.4, -0.2) is 16.1 Å². The zero-order valence-electron chi connectivity index (χ0n) is 8.86. The maximum absolute atomic E-state index is 11.6. The standard InChI is InChI=1S/C12H13N3O/c16-12-14-6-7-15(12)11-3-1-2-9-4-5-13-8-10(9)11/h1-3,6-7,13H,4-5,8H2,(H,14,16). The number of nitrogens with one attached hydrogen (secondary N) is 2. The Bertz CT molecular complexity index is 568. The van der Waals surface area contributed by atoms with E-state index in [1.54, 1.807) is 17.0 Å². The first-order valence-corrected chi connectivity index (χ1v) is 5.44. The Labute approximate surface area is 92.9 Å². The second-order valence-corrected chi connectivity index (χ2v) is 3.98. The molecule has 82 valence electrons. The lowest BCUT2D eigenvalue weighted by Crippen LogP contribution is -2.26. The molecular weight excluding hydrogens is 202 g/mol. The number of hydrogen-bond donors (Lipinski definition) is 2. The fourth-order valence-electron chi connectivity index (χ4n) is 2.23. The molecule has 2 heterocycles. The summed E-state index contributed by atoms with van der Waals surface area (Å²) in [6, 6.07) is 6.14. The Balaban J connectivity index is 2.21. The predicted molar refractivity (Wildman–Crippen MR) is 61.8 cm³/mol. The zero-order valence-corrected chi connectivity index (χ0v) is 8.86. The Hall–Kier alpha value is -1.81. The van der Waals surface area contributed by atoms with E-state index in [0.29, 0.717) is 0 Å². The number of hydrogen-bond acceptors (Lipinski definition) is 2. The van der Waals surface area contributed by atoms with Gasteiger partial charge in [-0.15, -0.1) is 0 Å². The van der Waals surface area contributed by atoms with Crippen LogP contribution in [0.3, 0.4) is 0 Å². The summed E-state index contributed by atoms with van der Waals surface area (Å²) in [7, 11) is 0. The largest absolute Gasteiger partial charge is 0.330 e. The molecule has 1 aliphatic heterocycles. The highest BCUT2D eigenvalue weighted by Crippen LogP contribution is 2.20. The van der Waals surface area contributed by atoms with E-state index >= 15 is 0 Å². The fourth-order valence-corrected chi connectivity index (χ4v) is 2.23. The van der Waals surface area contributed by atoms with Crippen LogP contribution in [0.15, 0.2) is 35.4 Å². The molecule has 0 atom stereocenters. The van der Waals surface area contributed by atoms with Gasteiger partial charge < -0.3 is 10.3 Å². The minimum Gasteiger partial charge on any atom is -0.312 e. The second kappa shape index (κ2) is 3.64. The Morgan fingerprint density at radius 1 is 1.31 bits per heavy atom. The van der Waals surface area contributed by atoms with Crippen molar-refractivity contribution in [3.8, 4) is 5.69 Å². The first-order valence-electron chi connectivity index (χ1n) is 5.44. The Morgan fingerprint density at radius 2 is 2.25 bits per heavy atom. The van der Waals surface area contributed by atoms with Crippen molar-refractivity contribution in [2.24, 2.45) is 0 Å². The molecule has 0 saturated carbocycles. The first-order chi connectivity index (χ1) is 7.86. The van der Waals surface area contributed by atoms with Gasteiger partial charge in [-0.2, -0.15) is 0 Å². The molecular formula is C12H13N3O. The summed E-state index contributed by atoms with van der Waals surface area (Å²) >= 11 is 0. The number of nitrogens with zero attached hydrogens (tertiary/aromatic N) is 1. The molecule has 0 amide bonds. The van der Waals surface area contributed by atoms with Crippen LogP contribution in [0.1, 0.15) is 11.1 Å². The molecule has 4 heteroatoms. The molecule has 0 aliphatic carbocycles. The third-order valence-corrected chi connectivity index (χ3v) is 3.03. The molecule has 16 heavy (non-hydrogen) atoms. The van der Waals surface area contributed by atoms with Gasteiger partial charge in [-0.3, -0.25) is 4.57 Å². The summed E-state index contributed by atoms with van der Waals surface area (Å²) in [5, 5.41) is 3.34. The quantitative estimate of drug-likeness (QED) is 0.739. The molecule has 1 aromatic carbocycles. The van der Waals surface area contributed by atoms with E-state index in [9.17, 15) is 4.79 Å². The van der Waals surface area contributed by atoms with Crippen LogP contribution >= 0.6 is 0 Å². The maximum atomic E-state index is 11.6. The second-order valence-electron chi connectivity index (χ2n) is 3.98. The van der Waals surface area contributed by atoms with Crippen LogP contribution < -0.4 is 11.0 Å². The number of benzene rings is 1. The average Bonchev–Trinajstić information content (AvgIpc) is 2.75. The molecule has 2 N–H and O–H groups in total. The highest BCUT2D eigenvalue weighted by molar-refractivity contribution is 5.47. The van der Waals surface area contributed by atoms with Crippen LogP contribution in [0.25, 0.3) is 5.69 Å². The topological polar surface area (TPSA) is 49.8 Å². The highest BCUT2D eigenvalue weighted by atomic mass is 16.1. The van der Waals surface area contributed by atoms with E-state index < -0.39 is 0 Å². The number of rotatable bonds is 1. The van der Waals surface area contributed by atoms with Gasteiger partial charge in [0.15, 0.2) is 0 Å². The van der Waals surface area contributed by atoms with Gasteiger partial charge in [0.25, 0.3) is 0 Å². The SMILES string of the molecule is O=c1[nH]ccn1-c1cccc2c1CNCC2. The smallest absolute Gasteiger partial charge is 0.312 e. The molecule has 3 rings (SSSR count). The molecule has 0 spiro atoms. The Kier molecular flexibility index (Phi) is 2.15. The normalized spacial score (nSPS) is 14.8. The van der Waals surface area contributed by atoms with Crippen LogP contribution in [-0.2, 0) is 13.0 Å². The molecule has 2 aromatic rings. The monoisotopic (exact) mass is 215 g/mol. The van der Waals surface area contributed by atoms with Crippen molar-refractivity contribution in [1.29, 1.82) is 0 Å². The lowest BCUT2D eigenvalue weighted by molar-refractivity contribution is 0.639. The van der Waals surface area contributed by atoms with Gasteiger partial charge in [0.2, 0.25) is 0 Å². The van der Waals surface area contributed by atoms with E-state index in [-0.39, 0.29) is 5.69 Å². The number of imidazole rings is 1. The molecule has 0 saturated heterocycles. The van der Waals surface area contributed by atoms with E-state index in [1.807, 2.05) is 12.1 Å². The highest BCUT2D eigenvalue weighted by Gasteiger charge is 2.14. The van der Waals surface area contributed by atoms with Gasteiger partial charge in [-0.05, 0) is 30.2 Å². The minimum absolute atomic E-state index is 0.0843. The number of H-pyrrole nitrogens is 1. The summed E-state index contributed by atoms with van der Waals surface area (Å²) in [6.45, 7) is 1.85. The minimum atomic E-state index is -0.0843. The molecule has 0 bridgehead atoms. The van der Waals surface area contributed by atoms with E-state index in [1.165, 1.54) is 11.1 Å². The van der Waals surface area contributed by atoms with Crippen molar-refractivity contribution in [3.63, 3.8) is 0 Å². The van der Waals surface area contributed by atoms with Crippen LogP contribution in [0.2, 0.25) is 0 Å². The van der Waals surface area contributed by atoms with Crippen molar-refractivity contribution in [2.45, 2.75) is 13.0 Å². The third kappa shape index (κ3) is 1.39. The first kappa shape index (κ1) is 9.42. The molecule has 0 unspecified atom stereocenters. The van der Waals surface area contributed by atoms with Crippen LogP contribution in [0.4, 0.5) is 0 Å². The van der Waals surface area contributed by atoms with E-state index in [4.69, 9.17) is 0 Å². The van der Waals surface area contributed by atoms with Crippen molar-refractivity contribution >= 4 is 0 Å². The third-order valence-electron chi connectivity index (χ3n) is 3.03. The van der Waals surface area contributed by atoms with Crippen molar-refractivity contribution in [3.05, 3.63) is 52.2 Å². The van der Waals surface area contributed by atoms with Gasteiger partial charge in [0.1, 0.15) is 0 Å². The van der Waals surface area contributed by atoms with Gasteiger partial charge in [-0.25, -0.2) is 4.79 Å². The lowest BCUT2D eigenvalue weighted by atomic mass is 9.99. The molecule has 1 aliphatic rings. The number of fused-ring (bicyclic) bond motifs is 1. The van der Waals surface area contributed by atoms with Gasteiger partial charge >= 0.3 is 5.69 Å². The predicted octanol–water partition coefficient (Wildman–Crippen LogP) is 0.811. The van der Waals surface area contributed by atoms with Crippen LogP contribution in [0.5, 0.6) is 0 Å². The average molecular weight is 215 g/mol. The van der Waals surface area contributed by atoms with Gasteiger partial charge in [0, 0.05) is 18.9 Å². The summed E-state index contributed by atoms with van der Waals surface area (Å²) in [4.78, 5) is 14.3. The summed E-state index contributed by atoms with van der Waals surface area (Å²) in [5.74, 6) is 0. The maximum Gasteiger partial charge on any atom is 0.330 e. The molecule has 4 nitrogen and oxygen atoms in total. The summed E-state index contributed by atoms with van der Waals surface area (Å²) < 4.78 is 1.66. The van der Waals surface area contributed by atoms with Gasteiger partial charge in [0.05, 0.1) is 5.69 Å². The lowest BCUT2D eigenvalue weighted by Gasteiger charge is -2.20. The van der Waals surface area contributed by atoms with Gasteiger partial charge in [-0.1, -0.05) is 12.1 Å². The summed E-state index contributed by atoms with van der Waals surface area (Å²) in [5.41, 5.74) is 3.47.